The fourth-order valence-corrected chi connectivity index (χ4v) is 0.868. The van der Waals surface area contributed by atoms with Crippen LogP contribution in [-0.4, -0.2) is 13.7 Å². The van der Waals surface area contributed by atoms with Crippen molar-refractivity contribution in [1.29, 1.82) is 0 Å². The number of rotatable bonds is 1. The van der Waals surface area contributed by atoms with E-state index in [1.807, 2.05) is 0 Å². The van der Waals surface area contributed by atoms with Crippen molar-refractivity contribution in [2.75, 3.05) is 0 Å². The van der Waals surface area contributed by atoms with Crippen LogP contribution in [0.3, 0.4) is 0 Å². The van der Waals surface area contributed by atoms with Crippen molar-refractivity contribution in [1.82, 2.24) is 4.98 Å². The van der Waals surface area contributed by atoms with Gasteiger partial charge in [0.15, 0.2) is 5.82 Å². The fourth-order valence-electron chi connectivity index (χ4n) is 0.494. The van der Waals surface area contributed by atoms with Crippen molar-refractivity contribution in [3.05, 3.63) is 24.1 Å². The molecule has 0 fully saturated rings. The Hall–Kier alpha value is -0.213. The second-order valence-corrected chi connectivity index (χ2v) is 2.38. The molecule has 1 atom stereocenters. The molecule has 1 aromatic heterocycles. The monoisotopic (exact) mass is 167 g/mol. The summed E-state index contributed by atoms with van der Waals surface area (Å²) < 4.78 is 32.6. The van der Waals surface area contributed by atoms with Gasteiger partial charge in [0.25, 0.3) is 0 Å². The molecule has 0 aliphatic rings. The maximum atomic E-state index is 12.4. The Kier molecular flexibility index (Phi) is 4.53. The van der Waals surface area contributed by atoms with Crippen LogP contribution in [0.25, 0.3) is 0 Å². The minimum Gasteiger partial charge on any atom is -0.767 e. The summed E-state index contributed by atoms with van der Waals surface area (Å²) in [5, 5.41) is -0.539. The van der Waals surface area contributed by atoms with Gasteiger partial charge in [-0.1, -0.05) is 0 Å². The van der Waals surface area contributed by atoms with Crippen LogP contribution in [0, 0.1) is 5.82 Å². The van der Waals surface area contributed by atoms with E-state index in [2.05, 4.69) is 4.98 Å². The largest absolute Gasteiger partial charge is 1.00 e. The Morgan fingerprint density at radius 3 is 2.64 bits per heavy atom. The first-order chi connectivity index (χ1) is 4.72. The Morgan fingerprint density at radius 1 is 1.64 bits per heavy atom. The van der Waals surface area contributed by atoms with Gasteiger partial charge in [0.05, 0.1) is 0 Å². The molecule has 0 radical (unpaired) electrons. The average molecular weight is 167 g/mol. The van der Waals surface area contributed by atoms with E-state index in [0.29, 0.717) is 0 Å². The molecule has 0 bridgehead atoms. The maximum absolute atomic E-state index is 12.4. The van der Waals surface area contributed by atoms with Crippen LogP contribution in [-0.2, 0) is 11.1 Å². The van der Waals surface area contributed by atoms with Crippen LogP contribution in [0.5, 0.6) is 0 Å². The van der Waals surface area contributed by atoms with E-state index < -0.39 is 21.9 Å². The summed E-state index contributed by atoms with van der Waals surface area (Å²) >= 11 is -2.58. The molecular weight excluding hydrogens is 164 g/mol. The number of hydrogen-bond donors (Lipinski definition) is 0. The predicted octanol–water partition coefficient (Wildman–Crippen LogP) is -2.54. The van der Waals surface area contributed by atoms with Crippen LogP contribution >= 0.6 is 0 Å². The Morgan fingerprint density at radius 2 is 2.27 bits per heavy atom. The summed E-state index contributed by atoms with van der Waals surface area (Å²) in [4.78, 5) is 3.29. The van der Waals surface area contributed by atoms with Crippen molar-refractivity contribution in [3.8, 4) is 0 Å². The van der Waals surface area contributed by atoms with E-state index in [4.69, 9.17) is 0 Å². The molecule has 3 nitrogen and oxygen atoms in total. The Labute approximate surface area is 77.5 Å². The summed E-state index contributed by atoms with van der Waals surface area (Å²) in [6.07, 6.45) is 1.22. The number of pyridine rings is 1. The molecule has 1 aromatic rings. The van der Waals surface area contributed by atoms with Crippen molar-refractivity contribution in [2.24, 2.45) is 0 Å². The number of hydrogen-bond acceptors (Lipinski definition) is 3. The fraction of sp³-hybridized carbons (Fsp3) is 0. The van der Waals surface area contributed by atoms with E-state index in [-0.39, 0.29) is 18.9 Å². The van der Waals surface area contributed by atoms with E-state index in [1.165, 1.54) is 12.3 Å². The molecular formula is C5H3FLiNO2S. The predicted molar refractivity (Wildman–Crippen MR) is 31.4 cm³/mol. The average Bonchev–Trinajstić information content (AvgIpc) is 1.88. The van der Waals surface area contributed by atoms with Gasteiger partial charge >= 0.3 is 18.9 Å². The minimum absolute atomic E-state index is 0. The van der Waals surface area contributed by atoms with Crippen molar-refractivity contribution in [2.45, 2.75) is 5.03 Å². The first-order valence-electron chi connectivity index (χ1n) is 2.41. The van der Waals surface area contributed by atoms with Crippen LogP contribution in [0.15, 0.2) is 23.4 Å². The molecule has 11 heavy (non-hydrogen) atoms. The molecule has 54 valence electrons. The van der Waals surface area contributed by atoms with Gasteiger partial charge in [-0.05, 0) is 12.1 Å². The van der Waals surface area contributed by atoms with E-state index in [9.17, 15) is 13.2 Å². The molecule has 0 spiro atoms. The summed E-state index contributed by atoms with van der Waals surface area (Å²) in [5.41, 5.74) is 0. The van der Waals surface area contributed by atoms with E-state index >= 15 is 0 Å². The van der Waals surface area contributed by atoms with Crippen molar-refractivity contribution >= 4 is 11.1 Å². The smallest absolute Gasteiger partial charge is 0.767 e. The quantitative estimate of drug-likeness (QED) is 0.342. The SMILES string of the molecule is O=S([O-])c1ncccc1F.[Li+]. The van der Waals surface area contributed by atoms with Gasteiger partial charge in [0.2, 0.25) is 0 Å². The zero-order valence-electron chi connectivity index (χ0n) is 5.78. The molecule has 1 rings (SSSR count). The number of halogens is 1. The zero-order valence-corrected chi connectivity index (χ0v) is 6.60. The molecule has 0 aliphatic heterocycles. The van der Waals surface area contributed by atoms with Crippen LogP contribution in [0.4, 0.5) is 4.39 Å². The van der Waals surface area contributed by atoms with E-state index in [0.717, 1.165) is 6.07 Å². The standard InChI is InChI=1S/C5H4FNO2S.Li/c6-4-2-1-3-7-5(4)10(8)9;/h1-3H,(H,8,9);/q;+1/p-1. The molecule has 0 saturated carbocycles. The van der Waals surface area contributed by atoms with Gasteiger partial charge in [0.1, 0.15) is 5.03 Å². The van der Waals surface area contributed by atoms with Gasteiger partial charge in [-0.2, -0.15) is 0 Å². The zero-order chi connectivity index (χ0) is 7.56. The summed E-state index contributed by atoms with van der Waals surface area (Å²) in [7, 11) is 0. The normalized spacial score (nSPS) is 11.8. The van der Waals surface area contributed by atoms with Gasteiger partial charge in [-0.25, -0.2) is 9.37 Å². The molecule has 6 heteroatoms. The van der Waals surface area contributed by atoms with Gasteiger partial charge in [-0.3, -0.25) is 4.21 Å². The first kappa shape index (κ1) is 10.8. The van der Waals surface area contributed by atoms with Crippen molar-refractivity contribution in [3.63, 3.8) is 0 Å². The molecule has 1 heterocycles. The molecule has 0 aromatic carbocycles. The molecule has 0 aliphatic carbocycles. The third-order valence-corrected chi connectivity index (χ3v) is 1.50. The summed E-state index contributed by atoms with van der Waals surface area (Å²) in [5.74, 6) is -0.823. The second-order valence-electron chi connectivity index (χ2n) is 1.53. The van der Waals surface area contributed by atoms with Crippen LogP contribution in [0.2, 0.25) is 0 Å². The van der Waals surface area contributed by atoms with Crippen molar-refractivity contribution < 1.29 is 32.0 Å². The summed E-state index contributed by atoms with van der Waals surface area (Å²) in [6.45, 7) is 0. The van der Waals surface area contributed by atoms with Gasteiger partial charge in [-0.15, -0.1) is 0 Å². The number of aromatic nitrogens is 1. The number of nitrogens with zero attached hydrogens (tertiary/aromatic N) is 1. The first-order valence-corrected chi connectivity index (χ1v) is 3.49. The van der Waals surface area contributed by atoms with Gasteiger partial charge < -0.3 is 4.55 Å². The van der Waals surface area contributed by atoms with Gasteiger partial charge in [0, 0.05) is 17.3 Å². The molecule has 0 amide bonds. The molecule has 1 unspecified atom stereocenters. The third-order valence-electron chi connectivity index (χ3n) is 0.883. The molecule has 0 saturated heterocycles. The van der Waals surface area contributed by atoms with Crippen LogP contribution in [0.1, 0.15) is 0 Å². The second kappa shape index (κ2) is 4.62. The third kappa shape index (κ3) is 2.71. The Bertz CT molecular complexity index is 270. The van der Waals surface area contributed by atoms with Crippen LogP contribution < -0.4 is 18.9 Å². The maximum Gasteiger partial charge on any atom is 1.00 e. The minimum atomic E-state index is -2.58. The Balaban J connectivity index is 0.000001000. The topological polar surface area (TPSA) is 53.0 Å². The van der Waals surface area contributed by atoms with E-state index in [1.54, 1.807) is 0 Å². The molecule has 0 N–H and O–H groups in total. The summed E-state index contributed by atoms with van der Waals surface area (Å²) in [6, 6.07) is 2.36.